The molecule has 0 amide bonds. The van der Waals surface area contributed by atoms with Crippen LogP contribution in [0.4, 0.5) is 0 Å². The van der Waals surface area contributed by atoms with Crippen LogP contribution >= 0.6 is 69.6 Å². The average Bonchev–Trinajstić information content (AvgIpc) is 3.11. The van der Waals surface area contributed by atoms with E-state index in [0.29, 0.717) is 0 Å². The van der Waals surface area contributed by atoms with Crippen molar-refractivity contribution >= 4 is 107 Å². The zero-order valence-electron chi connectivity index (χ0n) is 27.8. The molecule has 0 aliphatic rings. The third kappa shape index (κ3) is 11.8. The summed E-state index contributed by atoms with van der Waals surface area (Å²) < 4.78 is 13.7. The fourth-order valence-corrected chi connectivity index (χ4v) is 56.3. The second-order valence-electron chi connectivity index (χ2n) is 13.3. The molecule has 0 aliphatic carbocycles. The Morgan fingerprint density at radius 1 is 0.255 bits per heavy atom. The number of rotatable bonds is 14. The first-order chi connectivity index (χ1) is 24.5. The molecule has 0 heterocycles. The van der Waals surface area contributed by atoms with Crippen LogP contribution in [-0.2, 0) is 28.0 Å². The summed E-state index contributed by atoms with van der Waals surface area (Å²) >= 11 is 30.7. The van der Waals surface area contributed by atoms with E-state index in [2.05, 4.69) is 72.8 Å². The van der Waals surface area contributed by atoms with Crippen LogP contribution < -0.4 is 0 Å². The first-order valence-corrected chi connectivity index (χ1v) is 33.4. The molecule has 0 aromatic heterocycles. The Morgan fingerprint density at radius 3 is 0.529 bits per heavy atom. The molecule has 0 fully saturated rings. The molecule has 0 saturated heterocycles. The Balaban J connectivity index is 1.57. The zero-order valence-corrected chi connectivity index (χ0v) is 38.0. The molecular weight excluding hydrogens is 971 g/mol. The summed E-state index contributed by atoms with van der Waals surface area (Å²) in [6.45, 7) is 0. The Bertz CT molecular complexity index is 1620. The Kier molecular flexibility index (Phi) is 14.1. The monoisotopic (exact) mass is 1010 g/mol. The van der Waals surface area contributed by atoms with Crippen molar-refractivity contribution in [1.29, 1.82) is 0 Å². The Hall–Kier alpha value is -1.38. The normalized spacial score (nSPS) is 11.9. The van der Waals surface area contributed by atoms with Gasteiger partial charge in [0.2, 0.25) is 0 Å². The van der Waals surface area contributed by atoms with Crippen molar-refractivity contribution < 1.29 is 1.41 Å². The van der Waals surface area contributed by atoms with Gasteiger partial charge in [-0.05, 0) is 0 Å². The van der Waals surface area contributed by atoms with Crippen molar-refractivity contribution in [3.05, 3.63) is 209 Å². The first-order valence-electron chi connectivity index (χ1n) is 16.7. The van der Waals surface area contributed by atoms with Crippen molar-refractivity contribution in [3.63, 3.8) is 0 Å². The minimum atomic E-state index is -3.92. The molecule has 0 radical (unpaired) electrons. The van der Waals surface area contributed by atoms with Crippen LogP contribution in [0.1, 0.15) is 33.4 Å². The molecule has 0 spiro atoms. The number of hydrogen-bond acceptors (Lipinski definition) is 1. The molecule has 0 N–H and O–H groups in total. The van der Waals surface area contributed by atoms with E-state index < -0.39 is 37.6 Å². The molecule has 6 rings (SSSR count). The molecule has 9 heteroatoms. The van der Waals surface area contributed by atoms with Crippen LogP contribution in [0.25, 0.3) is 0 Å². The van der Waals surface area contributed by atoms with Gasteiger partial charge in [0.1, 0.15) is 0 Å². The fourth-order valence-electron chi connectivity index (χ4n) is 6.90. The molecule has 260 valence electrons. The number of hydrogen-bond donors (Lipinski definition) is 0. The van der Waals surface area contributed by atoms with Gasteiger partial charge in [-0.3, -0.25) is 0 Å². The summed E-state index contributed by atoms with van der Waals surface area (Å²) in [5, 5.41) is 4.32. The van der Waals surface area contributed by atoms with Gasteiger partial charge in [-0.1, -0.05) is 0 Å². The van der Waals surface area contributed by atoms with Gasteiger partial charge in [-0.2, -0.15) is 0 Å². The minimum absolute atomic E-state index is 0.720. The topological polar surface area (TPSA) is 9.23 Å². The van der Waals surface area contributed by atoms with Gasteiger partial charge in [0.15, 0.2) is 0 Å². The third-order valence-corrected chi connectivity index (χ3v) is 47.7. The fraction of sp³-hybridized carbons (Fsp3) is 0.143. The zero-order chi connectivity index (χ0) is 35.8. The first kappa shape index (κ1) is 39.3. The third-order valence-electron chi connectivity index (χ3n) is 9.07. The Morgan fingerprint density at radius 2 is 0.392 bits per heavy atom. The van der Waals surface area contributed by atoms with Crippen molar-refractivity contribution in [2.24, 2.45) is 0 Å². The molecule has 1 nitrogen and oxygen atoms in total. The van der Waals surface area contributed by atoms with Gasteiger partial charge < -0.3 is 0 Å². The SMILES string of the molecule is Clc1ccc([CH2][Sn]([CH2]c2ccc(Cl)cc2)([CH2]c2ccc(Cl)cc2)[O][Sn]([CH2]c2ccc(Cl)cc2)([CH2]c2ccc(Cl)cc2)[CH2]c2ccc(Cl)cc2)cc1. The summed E-state index contributed by atoms with van der Waals surface area (Å²) in [7, 11) is 0. The summed E-state index contributed by atoms with van der Waals surface area (Å²) in [6.07, 6.45) is 0. The van der Waals surface area contributed by atoms with Gasteiger partial charge in [0.05, 0.1) is 0 Å². The van der Waals surface area contributed by atoms with Gasteiger partial charge in [-0.15, -0.1) is 0 Å². The predicted octanol–water partition coefficient (Wildman–Crippen LogP) is 13.5. The summed E-state index contributed by atoms with van der Waals surface area (Å²) in [5.41, 5.74) is 7.43. The van der Waals surface area contributed by atoms with Crippen molar-refractivity contribution in [3.8, 4) is 0 Å². The van der Waals surface area contributed by atoms with E-state index in [1.807, 2.05) is 72.8 Å². The summed E-state index contributed by atoms with van der Waals surface area (Å²) in [5.74, 6) is 0. The molecule has 0 unspecified atom stereocenters. The van der Waals surface area contributed by atoms with Gasteiger partial charge in [-0.25, -0.2) is 0 Å². The second kappa shape index (κ2) is 18.3. The van der Waals surface area contributed by atoms with E-state index in [1.54, 1.807) is 0 Å². The van der Waals surface area contributed by atoms with E-state index in [1.165, 1.54) is 33.4 Å². The predicted molar refractivity (Wildman–Crippen MR) is 224 cm³/mol. The second-order valence-corrected chi connectivity index (χ2v) is 40.0. The molecule has 0 saturated carbocycles. The molecular formula is C42H36Cl6OSn2. The number of benzene rings is 6. The molecule has 0 aliphatic heterocycles. The Labute approximate surface area is 340 Å². The van der Waals surface area contributed by atoms with Crippen LogP contribution in [0.15, 0.2) is 146 Å². The quantitative estimate of drug-likeness (QED) is 0.0988. The van der Waals surface area contributed by atoms with Crippen LogP contribution in [0.5, 0.6) is 0 Å². The molecule has 0 atom stereocenters. The number of halogens is 6. The van der Waals surface area contributed by atoms with Gasteiger partial charge in [0.25, 0.3) is 0 Å². The maximum absolute atomic E-state index is 8.45. The van der Waals surface area contributed by atoms with Crippen LogP contribution in [0, 0.1) is 0 Å². The van der Waals surface area contributed by atoms with Crippen LogP contribution in [-0.4, -0.2) is 37.6 Å². The molecule has 6 aromatic rings. The van der Waals surface area contributed by atoms with E-state index >= 15 is 0 Å². The van der Waals surface area contributed by atoms with Crippen molar-refractivity contribution in [2.45, 2.75) is 26.6 Å². The molecule has 0 bridgehead atoms. The summed E-state index contributed by atoms with van der Waals surface area (Å²) in [4.78, 5) is 0. The van der Waals surface area contributed by atoms with Crippen LogP contribution in [0.3, 0.4) is 0 Å². The van der Waals surface area contributed by atoms with E-state index in [9.17, 15) is 0 Å². The summed E-state index contributed by atoms with van der Waals surface area (Å²) in [6, 6.07) is 49.8. The van der Waals surface area contributed by atoms with Crippen LogP contribution in [0.2, 0.25) is 30.1 Å². The van der Waals surface area contributed by atoms with Gasteiger partial charge >= 0.3 is 344 Å². The van der Waals surface area contributed by atoms with E-state index in [-0.39, 0.29) is 0 Å². The van der Waals surface area contributed by atoms with Crippen molar-refractivity contribution in [1.82, 2.24) is 0 Å². The molecule has 6 aromatic carbocycles. The average molecular weight is 1010 g/mol. The van der Waals surface area contributed by atoms with Gasteiger partial charge in [0, 0.05) is 0 Å². The van der Waals surface area contributed by atoms with E-state index in [0.717, 1.165) is 56.8 Å². The molecule has 51 heavy (non-hydrogen) atoms. The standard InChI is InChI=1S/6C7H6Cl.O.2Sn/c6*1-6-2-4-7(8)5-3-6;;;/h6*2-5H,1H2;;;. The van der Waals surface area contributed by atoms with Crippen molar-refractivity contribution in [2.75, 3.05) is 0 Å². The van der Waals surface area contributed by atoms with E-state index in [4.69, 9.17) is 71.0 Å². The maximum atomic E-state index is 8.45.